The van der Waals surface area contributed by atoms with Gasteiger partial charge in [0.15, 0.2) is 4.80 Å². The Kier molecular flexibility index (Phi) is 7.93. The minimum absolute atomic E-state index is 0.191. The lowest BCUT2D eigenvalue weighted by Gasteiger charge is -2.26. The van der Waals surface area contributed by atoms with E-state index >= 15 is 0 Å². The summed E-state index contributed by atoms with van der Waals surface area (Å²) in [7, 11) is 1.59. The third-order valence-electron chi connectivity index (χ3n) is 7.80. The predicted molar refractivity (Wildman–Crippen MR) is 174 cm³/mol. The summed E-state index contributed by atoms with van der Waals surface area (Å²) in [4.78, 5) is 33.5. The first-order valence-electron chi connectivity index (χ1n) is 14.5. The Hall–Kier alpha value is -4.95. The number of methoxy groups -OCH3 is 1. The van der Waals surface area contributed by atoms with Crippen LogP contribution in [-0.2, 0) is 9.53 Å². The first-order valence-corrected chi connectivity index (χ1v) is 15.3. The van der Waals surface area contributed by atoms with E-state index in [0.29, 0.717) is 26.4 Å². The molecule has 3 aromatic carbocycles. The lowest BCUT2D eigenvalue weighted by Crippen LogP contribution is -2.40. The summed E-state index contributed by atoms with van der Waals surface area (Å²) in [5, 5.41) is 0. The second kappa shape index (κ2) is 12.0. The van der Waals surface area contributed by atoms with Crippen molar-refractivity contribution in [2.24, 2.45) is 4.99 Å². The van der Waals surface area contributed by atoms with Gasteiger partial charge in [-0.25, -0.2) is 9.79 Å². The fourth-order valence-electron chi connectivity index (χ4n) is 5.81. The highest BCUT2D eigenvalue weighted by molar-refractivity contribution is 7.07. The fraction of sp³-hybridized carbons (Fsp3) is 0.194. The van der Waals surface area contributed by atoms with Crippen molar-refractivity contribution in [2.45, 2.75) is 33.7 Å². The van der Waals surface area contributed by atoms with E-state index in [4.69, 9.17) is 14.5 Å². The summed E-state index contributed by atoms with van der Waals surface area (Å²) >= 11 is 1.31. The summed E-state index contributed by atoms with van der Waals surface area (Å²) in [5.74, 6) is 0.105. The Labute approximate surface area is 259 Å². The smallest absolute Gasteiger partial charge is 0.338 e. The summed E-state index contributed by atoms with van der Waals surface area (Å²) in [5.41, 5.74) is 7.35. The van der Waals surface area contributed by atoms with Gasteiger partial charge in [-0.1, -0.05) is 65.9 Å². The van der Waals surface area contributed by atoms with Crippen molar-refractivity contribution in [3.8, 4) is 11.4 Å². The molecule has 0 amide bonds. The van der Waals surface area contributed by atoms with Crippen LogP contribution in [0.4, 0.5) is 0 Å². The van der Waals surface area contributed by atoms with Gasteiger partial charge in [0.2, 0.25) is 0 Å². The molecule has 8 heteroatoms. The molecule has 0 saturated carbocycles. The van der Waals surface area contributed by atoms with Gasteiger partial charge < -0.3 is 14.0 Å². The summed E-state index contributed by atoms with van der Waals surface area (Å²) in [6.07, 6.45) is 1.93. The molecule has 1 aliphatic heterocycles. The number of nitrogens with zero attached hydrogens (tertiary/aromatic N) is 3. The fourth-order valence-corrected chi connectivity index (χ4v) is 6.80. The number of aromatic nitrogens is 2. The number of esters is 1. The number of hydrogen-bond donors (Lipinski definition) is 0. The van der Waals surface area contributed by atoms with Gasteiger partial charge in [-0.05, 0) is 80.8 Å². The molecule has 6 rings (SSSR count). The van der Waals surface area contributed by atoms with Crippen LogP contribution >= 0.6 is 11.3 Å². The average Bonchev–Trinajstić information content (AvgIpc) is 3.50. The van der Waals surface area contributed by atoms with Gasteiger partial charge in [0, 0.05) is 22.6 Å². The molecule has 0 bridgehead atoms. The molecule has 0 fully saturated rings. The second-order valence-electron chi connectivity index (χ2n) is 10.7. The molecule has 1 aliphatic rings. The largest absolute Gasteiger partial charge is 0.497 e. The van der Waals surface area contributed by atoms with Gasteiger partial charge in [-0.2, -0.15) is 0 Å². The van der Waals surface area contributed by atoms with E-state index in [1.165, 1.54) is 16.9 Å². The number of hydrogen-bond acceptors (Lipinski definition) is 6. The van der Waals surface area contributed by atoms with Crippen molar-refractivity contribution in [1.82, 2.24) is 9.13 Å². The van der Waals surface area contributed by atoms with Crippen molar-refractivity contribution in [3.63, 3.8) is 0 Å². The van der Waals surface area contributed by atoms with Crippen LogP contribution in [0.5, 0.6) is 5.75 Å². The summed E-state index contributed by atoms with van der Waals surface area (Å²) in [6, 6.07) is 26.7. The highest BCUT2D eigenvalue weighted by Gasteiger charge is 2.35. The molecule has 7 nitrogen and oxygen atoms in total. The molecule has 0 saturated heterocycles. The number of benzene rings is 3. The highest BCUT2D eigenvalue weighted by atomic mass is 32.1. The van der Waals surface area contributed by atoms with E-state index in [1.807, 2.05) is 66.7 Å². The first-order chi connectivity index (χ1) is 21.3. The van der Waals surface area contributed by atoms with E-state index in [0.717, 1.165) is 33.8 Å². The maximum Gasteiger partial charge on any atom is 0.338 e. The third-order valence-corrected chi connectivity index (χ3v) is 8.78. The average molecular weight is 604 g/mol. The van der Waals surface area contributed by atoms with Gasteiger partial charge in [0.05, 0.1) is 35.6 Å². The maximum absolute atomic E-state index is 14.3. The van der Waals surface area contributed by atoms with Gasteiger partial charge in [-0.15, -0.1) is 0 Å². The summed E-state index contributed by atoms with van der Waals surface area (Å²) < 4.78 is 15.4. The highest BCUT2D eigenvalue weighted by Crippen LogP contribution is 2.36. The Balaban J connectivity index is 1.61. The topological polar surface area (TPSA) is 74.8 Å². The van der Waals surface area contributed by atoms with Gasteiger partial charge in [0.25, 0.3) is 5.56 Å². The van der Waals surface area contributed by atoms with E-state index in [1.54, 1.807) is 18.6 Å². The SMILES string of the molecule is CCOC(=O)C1=C(c2ccccc2)N=c2s/c(=C/c3cc(C)n(-c4cccc(C)c4)c3C)c(=O)n2[C@H]1c1cccc(OC)c1. The molecule has 44 heavy (non-hydrogen) atoms. The molecule has 0 spiro atoms. The number of aryl methyl sites for hydroxylation is 2. The van der Waals surface area contributed by atoms with Crippen LogP contribution in [0, 0.1) is 20.8 Å². The van der Waals surface area contributed by atoms with E-state index in [-0.39, 0.29) is 12.2 Å². The molecule has 3 heterocycles. The van der Waals surface area contributed by atoms with Crippen LogP contribution in [0.2, 0.25) is 0 Å². The van der Waals surface area contributed by atoms with Crippen molar-refractivity contribution in [3.05, 3.63) is 144 Å². The van der Waals surface area contributed by atoms with Crippen molar-refractivity contribution in [1.29, 1.82) is 0 Å². The standard InChI is InChI=1S/C36H33N3O4S/c1-6-43-35(41)31-32(25-13-8-7-9-14-25)37-36-39(33(31)26-15-11-17-29(20-26)42-5)34(40)30(44-36)21-27-19-23(3)38(24(27)4)28-16-10-12-22(2)18-28/h7-21,33H,6H2,1-5H3/b30-21+/t33-/m0/s1. The molecule has 1 atom stereocenters. The Bertz CT molecular complexity index is 2100. The number of ether oxygens (including phenoxy) is 2. The van der Waals surface area contributed by atoms with E-state index in [2.05, 4.69) is 49.6 Å². The lowest BCUT2D eigenvalue weighted by molar-refractivity contribution is -0.138. The monoisotopic (exact) mass is 603 g/mol. The van der Waals surface area contributed by atoms with Crippen molar-refractivity contribution in [2.75, 3.05) is 13.7 Å². The quantitative estimate of drug-likeness (QED) is 0.225. The molecular formula is C36H33N3O4S. The van der Waals surface area contributed by atoms with Crippen LogP contribution in [0.25, 0.3) is 17.5 Å². The number of rotatable bonds is 7. The third kappa shape index (κ3) is 5.22. The van der Waals surface area contributed by atoms with Gasteiger partial charge >= 0.3 is 5.97 Å². The van der Waals surface area contributed by atoms with Crippen molar-refractivity contribution < 1.29 is 14.3 Å². The number of thiazole rings is 1. The predicted octanol–water partition coefficient (Wildman–Crippen LogP) is 5.66. The normalized spacial score (nSPS) is 14.8. The minimum Gasteiger partial charge on any atom is -0.497 e. The van der Waals surface area contributed by atoms with Crippen LogP contribution in [0.3, 0.4) is 0 Å². The Morgan fingerprint density at radius 1 is 0.977 bits per heavy atom. The zero-order valence-corrected chi connectivity index (χ0v) is 26.1. The van der Waals surface area contributed by atoms with Crippen LogP contribution in [-0.4, -0.2) is 28.8 Å². The molecule has 5 aromatic rings. The van der Waals surface area contributed by atoms with Crippen LogP contribution in [0.15, 0.2) is 100 Å². The number of fused-ring (bicyclic) bond motifs is 1. The van der Waals surface area contributed by atoms with E-state index < -0.39 is 12.0 Å². The van der Waals surface area contributed by atoms with Gasteiger partial charge in [0.1, 0.15) is 5.75 Å². The minimum atomic E-state index is -0.766. The molecule has 0 aliphatic carbocycles. The van der Waals surface area contributed by atoms with Gasteiger partial charge in [-0.3, -0.25) is 9.36 Å². The number of carbonyl (C=O) groups excluding carboxylic acids is 1. The first kappa shape index (κ1) is 29.1. The second-order valence-corrected chi connectivity index (χ2v) is 11.7. The van der Waals surface area contributed by atoms with Crippen LogP contribution < -0.4 is 19.6 Å². The molecule has 0 unspecified atom stereocenters. The van der Waals surface area contributed by atoms with Crippen LogP contribution in [0.1, 0.15) is 46.6 Å². The Morgan fingerprint density at radius 2 is 1.75 bits per heavy atom. The molecular weight excluding hydrogens is 570 g/mol. The number of carbonyl (C=O) groups is 1. The molecule has 222 valence electrons. The summed E-state index contributed by atoms with van der Waals surface area (Å²) in [6.45, 7) is 8.16. The molecule has 0 N–H and O–H groups in total. The van der Waals surface area contributed by atoms with E-state index in [9.17, 15) is 9.59 Å². The maximum atomic E-state index is 14.3. The molecule has 0 radical (unpaired) electrons. The lowest BCUT2D eigenvalue weighted by atomic mass is 9.93. The zero-order valence-electron chi connectivity index (χ0n) is 25.3. The zero-order chi connectivity index (χ0) is 31.0. The van der Waals surface area contributed by atoms with Crippen molar-refractivity contribution >= 4 is 29.1 Å². The molecule has 2 aromatic heterocycles. The Morgan fingerprint density at radius 3 is 2.48 bits per heavy atom.